The fourth-order valence-corrected chi connectivity index (χ4v) is 1.99. The van der Waals surface area contributed by atoms with E-state index in [9.17, 15) is 0 Å². The van der Waals surface area contributed by atoms with E-state index in [-0.39, 0.29) is 6.10 Å². The standard InChI is InChI=1S/C8H14NOS/c1-6-5-11-8(9(6)3)7(2)10-4/h5,7H,1-4H3/q+1. The lowest BCUT2D eigenvalue weighted by molar-refractivity contribution is -0.683. The summed E-state index contributed by atoms with van der Waals surface area (Å²) < 4.78 is 7.39. The molecule has 1 atom stereocenters. The van der Waals surface area contributed by atoms with Gasteiger partial charge in [0, 0.05) is 14.0 Å². The van der Waals surface area contributed by atoms with Crippen LogP contribution in [0.1, 0.15) is 23.7 Å². The Morgan fingerprint density at radius 2 is 2.27 bits per heavy atom. The van der Waals surface area contributed by atoms with Gasteiger partial charge in [0.25, 0.3) is 5.01 Å². The minimum atomic E-state index is 0.207. The van der Waals surface area contributed by atoms with Crippen molar-refractivity contribution >= 4 is 11.3 Å². The van der Waals surface area contributed by atoms with Crippen molar-refractivity contribution in [1.29, 1.82) is 0 Å². The molecule has 0 bridgehead atoms. The van der Waals surface area contributed by atoms with Gasteiger partial charge in [-0.1, -0.05) is 11.3 Å². The normalized spacial score (nSPS) is 13.5. The molecule has 11 heavy (non-hydrogen) atoms. The fraction of sp³-hybridized carbons (Fsp3) is 0.625. The van der Waals surface area contributed by atoms with Gasteiger partial charge < -0.3 is 4.74 Å². The van der Waals surface area contributed by atoms with E-state index in [1.165, 1.54) is 10.7 Å². The quantitative estimate of drug-likeness (QED) is 0.617. The summed E-state index contributed by atoms with van der Waals surface area (Å²) in [7, 11) is 3.80. The van der Waals surface area contributed by atoms with Crippen molar-refractivity contribution in [2.75, 3.05) is 7.11 Å². The fourth-order valence-electron chi connectivity index (χ4n) is 0.947. The van der Waals surface area contributed by atoms with Crippen LogP contribution in [0, 0.1) is 6.92 Å². The molecule has 1 rings (SSSR count). The molecule has 0 aromatic carbocycles. The van der Waals surface area contributed by atoms with E-state index in [2.05, 4.69) is 30.8 Å². The highest BCUT2D eigenvalue weighted by Gasteiger charge is 2.18. The molecule has 1 unspecified atom stereocenters. The van der Waals surface area contributed by atoms with E-state index in [4.69, 9.17) is 4.74 Å². The average Bonchev–Trinajstić information content (AvgIpc) is 2.32. The van der Waals surface area contributed by atoms with Crippen molar-refractivity contribution in [3.8, 4) is 0 Å². The lowest BCUT2D eigenvalue weighted by Crippen LogP contribution is -2.34. The molecule has 0 amide bonds. The van der Waals surface area contributed by atoms with Gasteiger partial charge in [-0.2, -0.15) is 4.57 Å². The first-order chi connectivity index (χ1) is 5.16. The first-order valence-electron chi connectivity index (χ1n) is 3.63. The molecule has 3 heteroatoms. The Bertz CT molecular complexity index is 244. The van der Waals surface area contributed by atoms with Crippen LogP contribution in [0.2, 0.25) is 0 Å². The van der Waals surface area contributed by atoms with Gasteiger partial charge >= 0.3 is 0 Å². The number of ether oxygens (including phenoxy) is 1. The second-order valence-electron chi connectivity index (χ2n) is 2.65. The Labute approximate surface area is 71.4 Å². The highest BCUT2D eigenvalue weighted by molar-refractivity contribution is 7.09. The minimum Gasteiger partial charge on any atom is -0.370 e. The predicted molar refractivity (Wildman–Crippen MR) is 45.7 cm³/mol. The lowest BCUT2D eigenvalue weighted by atomic mass is 10.4. The largest absolute Gasteiger partial charge is 0.370 e. The Morgan fingerprint density at radius 3 is 2.64 bits per heavy atom. The third-order valence-electron chi connectivity index (χ3n) is 1.91. The summed E-state index contributed by atoms with van der Waals surface area (Å²) in [6.07, 6.45) is 0.207. The van der Waals surface area contributed by atoms with E-state index >= 15 is 0 Å². The van der Waals surface area contributed by atoms with E-state index in [0.29, 0.717) is 0 Å². The van der Waals surface area contributed by atoms with Crippen LogP contribution in [0.4, 0.5) is 0 Å². The van der Waals surface area contributed by atoms with Gasteiger partial charge in [-0.25, -0.2) is 0 Å². The molecular formula is C8H14NOS+. The van der Waals surface area contributed by atoms with Crippen LogP contribution in [0.5, 0.6) is 0 Å². The first-order valence-corrected chi connectivity index (χ1v) is 4.51. The second kappa shape index (κ2) is 3.32. The molecule has 0 fully saturated rings. The van der Waals surface area contributed by atoms with E-state index in [1.54, 1.807) is 18.4 Å². The van der Waals surface area contributed by atoms with Crippen LogP contribution in [0.3, 0.4) is 0 Å². The van der Waals surface area contributed by atoms with Gasteiger partial charge in [0.05, 0.1) is 5.38 Å². The van der Waals surface area contributed by atoms with E-state index in [1.807, 2.05) is 0 Å². The molecule has 0 aliphatic carbocycles. The van der Waals surface area contributed by atoms with Crippen LogP contribution >= 0.6 is 11.3 Å². The average molecular weight is 172 g/mol. The third-order valence-corrected chi connectivity index (χ3v) is 3.22. The van der Waals surface area contributed by atoms with Gasteiger partial charge in [-0.3, -0.25) is 0 Å². The van der Waals surface area contributed by atoms with E-state index < -0.39 is 0 Å². The summed E-state index contributed by atoms with van der Waals surface area (Å²) in [6.45, 7) is 4.16. The number of hydrogen-bond acceptors (Lipinski definition) is 2. The molecule has 1 aromatic heterocycles. The van der Waals surface area contributed by atoms with Crippen molar-refractivity contribution in [3.05, 3.63) is 16.1 Å². The summed E-state index contributed by atoms with van der Waals surface area (Å²) >= 11 is 1.75. The van der Waals surface area contributed by atoms with Gasteiger partial charge in [-0.15, -0.1) is 0 Å². The van der Waals surface area contributed by atoms with Crippen LogP contribution in [-0.2, 0) is 11.8 Å². The molecule has 0 aliphatic heterocycles. The van der Waals surface area contributed by atoms with Crippen LogP contribution in [0.15, 0.2) is 5.38 Å². The number of aryl methyl sites for hydroxylation is 1. The highest BCUT2D eigenvalue weighted by Crippen LogP contribution is 2.17. The monoisotopic (exact) mass is 172 g/mol. The SMILES string of the molecule is COC(C)c1scc(C)[n+]1C. The van der Waals surface area contributed by atoms with Gasteiger partial charge in [0.2, 0.25) is 0 Å². The van der Waals surface area contributed by atoms with Crippen molar-refractivity contribution in [1.82, 2.24) is 0 Å². The number of aromatic nitrogens is 1. The van der Waals surface area contributed by atoms with E-state index in [0.717, 1.165) is 0 Å². The minimum absolute atomic E-state index is 0.207. The van der Waals surface area contributed by atoms with Gasteiger partial charge in [0.15, 0.2) is 5.69 Å². The molecular weight excluding hydrogens is 158 g/mol. The number of thiazole rings is 1. The van der Waals surface area contributed by atoms with Crippen molar-refractivity contribution in [3.63, 3.8) is 0 Å². The summed E-state index contributed by atoms with van der Waals surface area (Å²) in [5, 5.41) is 3.41. The first kappa shape index (κ1) is 8.68. The maximum atomic E-state index is 5.22. The van der Waals surface area contributed by atoms with Crippen molar-refractivity contribution in [2.45, 2.75) is 20.0 Å². The van der Waals surface area contributed by atoms with Crippen LogP contribution < -0.4 is 4.57 Å². The summed E-state index contributed by atoms with van der Waals surface area (Å²) in [5.41, 5.74) is 1.29. The predicted octanol–water partition coefficient (Wildman–Crippen LogP) is 1.59. The summed E-state index contributed by atoms with van der Waals surface area (Å²) in [6, 6.07) is 0. The number of methoxy groups -OCH3 is 1. The molecule has 0 N–H and O–H groups in total. The van der Waals surface area contributed by atoms with Crippen LogP contribution in [-0.4, -0.2) is 7.11 Å². The summed E-state index contributed by atoms with van der Waals surface area (Å²) in [5.74, 6) is 0. The Morgan fingerprint density at radius 1 is 1.64 bits per heavy atom. The Balaban J connectivity index is 2.94. The molecule has 0 radical (unpaired) electrons. The zero-order chi connectivity index (χ0) is 8.43. The van der Waals surface area contributed by atoms with Crippen LogP contribution in [0.25, 0.3) is 0 Å². The number of rotatable bonds is 2. The van der Waals surface area contributed by atoms with Crippen molar-refractivity contribution in [2.24, 2.45) is 7.05 Å². The second-order valence-corrected chi connectivity index (χ2v) is 3.54. The number of hydrogen-bond donors (Lipinski definition) is 0. The zero-order valence-electron chi connectivity index (χ0n) is 7.42. The lowest BCUT2D eigenvalue weighted by Gasteiger charge is -2.01. The molecule has 2 nitrogen and oxygen atoms in total. The molecule has 1 heterocycles. The smallest absolute Gasteiger partial charge is 0.266 e. The topological polar surface area (TPSA) is 13.1 Å². The van der Waals surface area contributed by atoms with Gasteiger partial charge in [0.1, 0.15) is 13.2 Å². The van der Waals surface area contributed by atoms with Crippen molar-refractivity contribution < 1.29 is 9.30 Å². The maximum absolute atomic E-state index is 5.22. The molecule has 0 spiro atoms. The summed E-state index contributed by atoms with van der Waals surface area (Å²) in [4.78, 5) is 0. The number of nitrogens with zero attached hydrogens (tertiary/aromatic N) is 1. The third kappa shape index (κ3) is 1.60. The Hall–Kier alpha value is -0.410. The molecule has 0 saturated carbocycles. The maximum Gasteiger partial charge on any atom is 0.266 e. The molecule has 0 saturated heterocycles. The zero-order valence-corrected chi connectivity index (χ0v) is 8.23. The van der Waals surface area contributed by atoms with Gasteiger partial charge in [-0.05, 0) is 6.92 Å². The molecule has 1 aromatic rings. The Kier molecular flexibility index (Phi) is 2.62. The molecule has 62 valence electrons. The molecule has 0 aliphatic rings. The highest BCUT2D eigenvalue weighted by atomic mass is 32.1.